The molecule has 1 atom stereocenters. The number of hydrogen-bond acceptors (Lipinski definition) is 2. The number of rotatable bonds is 4. The van der Waals surface area contributed by atoms with E-state index in [4.69, 9.17) is 0 Å². The highest BCUT2D eigenvalue weighted by atomic mass is 32.1. The second-order valence-corrected chi connectivity index (χ2v) is 5.36. The lowest BCUT2D eigenvalue weighted by molar-refractivity contribution is 0.553. The summed E-state index contributed by atoms with van der Waals surface area (Å²) in [5.74, 6) is 0. The molecule has 0 bridgehead atoms. The molecule has 0 spiro atoms. The maximum absolute atomic E-state index is 3.66. The minimum absolute atomic E-state index is 0.492. The van der Waals surface area contributed by atoms with Crippen LogP contribution in [0, 0.1) is 0 Å². The minimum Gasteiger partial charge on any atom is -0.306 e. The molecule has 2 heterocycles. The largest absolute Gasteiger partial charge is 0.306 e. The van der Waals surface area contributed by atoms with Gasteiger partial charge in [0.15, 0.2) is 0 Å². The van der Waals surface area contributed by atoms with Gasteiger partial charge in [0.1, 0.15) is 0 Å². The second kappa shape index (κ2) is 5.65. The van der Waals surface area contributed by atoms with Crippen LogP contribution in [-0.4, -0.2) is 6.54 Å². The molecule has 0 saturated heterocycles. The Morgan fingerprint density at radius 1 is 1.56 bits per heavy atom. The van der Waals surface area contributed by atoms with Crippen molar-refractivity contribution >= 4 is 11.3 Å². The quantitative estimate of drug-likeness (QED) is 0.776. The summed E-state index contributed by atoms with van der Waals surface area (Å²) in [5, 5.41) is 5.89. The molecule has 0 saturated carbocycles. The Hall–Kier alpha value is -0.600. The second-order valence-electron chi connectivity index (χ2n) is 4.36. The van der Waals surface area contributed by atoms with E-state index in [2.05, 4.69) is 36.7 Å². The fourth-order valence-electron chi connectivity index (χ4n) is 2.38. The van der Waals surface area contributed by atoms with Gasteiger partial charge in [0, 0.05) is 11.4 Å². The molecule has 0 fully saturated rings. The van der Waals surface area contributed by atoms with Crippen LogP contribution in [0.2, 0.25) is 0 Å². The van der Waals surface area contributed by atoms with E-state index in [0.717, 1.165) is 13.0 Å². The molecule has 1 aliphatic rings. The highest BCUT2D eigenvalue weighted by Gasteiger charge is 2.22. The van der Waals surface area contributed by atoms with Gasteiger partial charge in [-0.05, 0) is 36.3 Å². The van der Waals surface area contributed by atoms with Gasteiger partial charge in [-0.25, -0.2) is 0 Å². The van der Waals surface area contributed by atoms with Crippen LogP contribution in [0.4, 0.5) is 0 Å². The van der Waals surface area contributed by atoms with E-state index in [1.165, 1.54) is 24.8 Å². The van der Waals surface area contributed by atoms with Gasteiger partial charge in [0.25, 0.3) is 0 Å². The number of nitrogens with one attached hydrogen (secondary N) is 1. The average molecular weight is 235 g/mol. The molecule has 88 valence electrons. The minimum atomic E-state index is 0.492. The van der Waals surface area contributed by atoms with Crippen molar-refractivity contribution in [2.45, 2.75) is 45.6 Å². The predicted octanol–water partition coefficient (Wildman–Crippen LogP) is 4.07. The number of thiophene rings is 1. The van der Waals surface area contributed by atoms with Gasteiger partial charge in [0.2, 0.25) is 0 Å². The topological polar surface area (TPSA) is 12.0 Å². The number of fused-ring (bicyclic) bond motifs is 1. The monoisotopic (exact) mass is 235 g/mol. The summed E-state index contributed by atoms with van der Waals surface area (Å²) in [6.07, 6.45) is 7.25. The fraction of sp³-hybridized carbons (Fsp3) is 0.571. The number of hydrogen-bond donors (Lipinski definition) is 1. The summed E-state index contributed by atoms with van der Waals surface area (Å²) in [5.41, 5.74) is 3.10. The van der Waals surface area contributed by atoms with Crippen molar-refractivity contribution in [1.82, 2.24) is 5.32 Å². The van der Waals surface area contributed by atoms with Crippen molar-refractivity contribution in [2.24, 2.45) is 0 Å². The molecular formula is C14H21NS. The van der Waals surface area contributed by atoms with Gasteiger partial charge in [0.05, 0.1) is 6.04 Å². The molecule has 16 heavy (non-hydrogen) atoms. The highest BCUT2D eigenvalue weighted by Crippen LogP contribution is 2.33. The van der Waals surface area contributed by atoms with E-state index in [1.54, 1.807) is 10.5 Å². The molecule has 1 unspecified atom stereocenters. The molecule has 1 N–H and O–H groups in total. The molecule has 2 rings (SSSR count). The van der Waals surface area contributed by atoms with Gasteiger partial charge in [-0.1, -0.05) is 31.9 Å². The Bertz CT molecular complexity index is 365. The normalized spacial score (nSPS) is 20.9. The van der Waals surface area contributed by atoms with Crippen molar-refractivity contribution in [3.8, 4) is 0 Å². The van der Waals surface area contributed by atoms with Crippen LogP contribution >= 0.6 is 11.3 Å². The standard InChI is InChI=1S/C14H21NS/c1-3-5-6-11(4-2)14-12-8-10-16-13(12)7-9-15-14/h6,8,10,14-15H,3-5,7,9H2,1-2H3/b11-6+. The van der Waals surface area contributed by atoms with Crippen molar-refractivity contribution in [3.63, 3.8) is 0 Å². The number of allylic oxidation sites excluding steroid dienone is 1. The summed E-state index contributed by atoms with van der Waals surface area (Å²) in [6, 6.07) is 2.79. The smallest absolute Gasteiger partial charge is 0.0547 e. The summed E-state index contributed by atoms with van der Waals surface area (Å²) < 4.78 is 0. The average Bonchev–Trinajstić information content (AvgIpc) is 2.78. The zero-order valence-electron chi connectivity index (χ0n) is 10.3. The van der Waals surface area contributed by atoms with E-state index in [9.17, 15) is 0 Å². The molecule has 0 aromatic carbocycles. The third-order valence-electron chi connectivity index (χ3n) is 3.27. The first kappa shape index (κ1) is 11.9. The van der Waals surface area contributed by atoms with Crippen molar-refractivity contribution < 1.29 is 0 Å². The molecule has 1 aromatic heterocycles. The van der Waals surface area contributed by atoms with Gasteiger partial charge in [-0.3, -0.25) is 0 Å². The summed E-state index contributed by atoms with van der Waals surface area (Å²) in [6.45, 7) is 5.64. The number of unbranched alkanes of at least 4 members (excludes halogenated alkanes) is 1. The first-order chi connectivity index (χ1) is 7.86. The Labute approximate surface area is 103 Å². The van der Waals surface area contributed by atoms with Gasteiger partial charge in [-0.2, -0.15) is 0 Å². The van der Waals surface area contributed by atoms with Gasteiger partial charge >= 0.3 is 0 Å². The van der Waals surface area contributed by atoms with Crippen LogP contribution in [0.15, 0.2) is 23.1 Å². The summed E-state index contributed by atoms with van der Waals surface area (Å²) >= 11 is 1.91. The van der Waals surface area contributed by atoms with E-state index < -0.39 is 0 Å². The first-order valence-electron chi connectivity index (χ1n) is 6.35. The van der Waals surface area contributed by atoms with Crippen LogP contribution in [0.25, 0.3) is 0 Å². The Morgan fingerprint density at radius 3 is 3.19 bits per heavy atom. The molecule has 1 nitrogen and oxygen atoms in total. The van der Waals surface area contributed by atoms with Gasteiger partial charge in [-0.15, -0.1) is 11.3 Å². The third-order valence-corrected chi connectivity index (χ3v) is 4.26. The summed E-state index contributed by atoms with van der Waals surface area (Å²) in [7, 11) is 0. The third kappa shape index (κ3) is 2.38. The lowest BCUT2D eigenvalue weighted by Gasteiger charge is -2.26. The molecule has 1 aliphatic heterocycles. The Kier molecular flexibility index (Phi) is 4.19. The zero-order valence-corrected chi connectivity index (χ0v) is 11.1. The predicted molar refractivity (Wildman–Crippen MR) is 72.0 cm³/mol. The van der Waals surface area contributed by atoms with Crippen LogP contribution in [-0.2, 0) is 6.42 Å². The lowest BCUT2D eigenvalue weighted by atomic mass is 9.93. The molecule has 0 radical (unpaired) electrons. The summed E-state index contributed by atoms with van der Waals surface area (Å²) in [4.78, 5) is 1.58. The molecule has 0 aliphatic carbocycles. The van der Waals surface area contributed by atoms with E-state index in [1.807, 2.05) is 11.3 Å². The molecule has 2 heteroatoms. The SMILES string of the molecule is CCC/C=C(\CC)C1NCCc2sccc21. The van der Waals surface area contributed by atoms with E-state index in [0.29, 0.717) is 6.04 Å². The maximum atomic E-state index is 3.66. The molecule has 0 amide bonds. The van der Waals surface area contributed by atoms with Crippen LogP contribution in [0.5, 0.6) is 0 Å². The van der Waals surface area contributed by atoms with Crippen LogP contribution in [0.1, 0.15) is 49.6 Å². The maximum Gasteiger partial charge on any atom is 0.0547 e. The van der Waals surface area contributed by atoms with E-state index in [-0.39, 0.29) is 0 Å². The van der Waals surface area contributed by atoms with Crippen molar-refractivity contribution in [1.29, 1.82) is 0 Å². The molecule has 1 aromatic rings. The highest BCUT2D eigenvalue weighted by molar-refractivity contribution is 7.10. The fourth-order valence-corrected chi connectivity index (χ4v) is 3.30. The molecular weight excluding hydrogens is 214 g/mol. The zero-order chi connectivity index (χ0) is 11.4. The Balaban J connectivity index is 2.22. The lowest BCUT2D eigenvalue weighted by Crippen LogP contribution is -2.29. The van der Waals surface area contributed by atoms with Crippen LogP contribution < -0.4 is 5.32 Å². The van der Waals surface area contributed by atoms with Crippen molar-refractivity contribution in [2.75, 3.05) is 6.54 Å². The van der Waals surface area contributed by atoms with Crippen molar-refractivity contribution in [3.05, 3.63) is 33.5 Å². The van der Waals surface area contributed by atoms with Gasteiger partial charge < -0.3 is 5.32 Å². The van der Waals surface area contributed by atoms with E-state index >= 15 is 0 Å². The van der Waals surface area contributed by atoms with Crippen LogP contribution in [0.3, 0.4) is 0 Å². The Morgan fingerprint density at radius 2 is 2.44 bits per heavy atom. The first-order valence-corrected chi connectivity index (χ1v) is 7.23.